The number of amides is 2. The molecule has 0 atom stereocenters. The smallest absolute Gasteiger partial charge is 0.328 e. The number of aliphatic carboxylic acids is 1. The van der Waals surface area contributed by atoms with Crippen LogP contribution >= 0.6 is 0 Å². The normalized spacial score (nSPS) is 11.1. The molecule has 2 aromatic carbocycles. The van der Waals surface area contributed by atoms with Gasteiger partial charge in [-0.25, -0.2) is 4.79 Å². The van der Waals surface area contributed by atoms with Gasteiger partial charge in [0, 0.05) is 49.8 Å². The van der Waals surface area contributed by atoms with Gasteiger partial charge >= 0.3 is 12.0 Å². The Balaban J connectivity index is 1.79. The molecule has 1 heterocycles. The van der Waals surface area contributed by atoms with Crippen LogP contribution in [0.1, 0.15) is 30.4 Å². The molecule has 0 aliphatic carbocycles. The molecule has 2 amide bonds. The third kappa shape index (κ3) is 5.82. The lowest BCUT2D eigenvalue weighted by molar-refractivity contribution is -0.137. The molecule has 32 heavy (non-hydrogen) atoms. The van der Waals surface area contributed by atoms with Gasteiger partial charge in [-0.1, -0.05) is 42.5 Å². The molecule has 0 saturated carbocycles. The summed E-state index contributed by atoms with van der Waals surface area (Å²) in [6.45, 7) is 0. The van der Waals surface area contributed by atoms with E-state index in [1.807, 2.05) is 72.8 Å². The van der Waals surface area contributed by atoms with Crippen LogP contribution in [-0.4, -0.2) is 36.2 Å². The van der Waals surface area contributed by atoms with E-state index in [0.717, 1.165) is 28.1 Å². The van der Waals surface area contributed by atoms with Crippen LogP contribution in [0, 0.1) is 0 Å². The Labute approximate surface area is 188 Å². The van der Waals surface area contributed by atoms with Crippen molar-refractivity contribution < 1.29 is 14.7 Å². The first-order valence-corrected chi connectivity index (χ1v) is 10.5. The zero-order chi connectivity index (χ0) is 22.9. The number of hydrogen-bond acceptors (Lipinski definition) is 3. The second-order valence-corrected chi connectivity index (χ2v) is 7.43. The number of carboxylic acid groups (broad SMARTS) is 1. The Bertz CT molecular complexity index is 1060. The summed E-state index contributed by atoms with van der Waals surface area (Å²) in [6.07, 6.45) is 6.92. The summed E-state index contributed by atoms with van der Waals surface area (Å²) in [5.74, 6) is -0.793. The summed E-state index contributed by atoms with van der Waals surface area (Å²) in [4.78, 5) is 31.1. The molecule has 0 radical (unpaired) electrons. The zero-order valence-electron chi connectivity index (χ0n) is 18.3. The van der Waals surface area contributed by atoms with E-state index in [9.17, 15) is 9.59 Å². The summed E-state index contributed by atoms with van der Waals surface area (Å²) in [5.41, 5.74) is 4.53. The van der Waals surface area contributed by atoms with E-state index in [1.54, 1.807) is 36.3 Å². The molecule has 1 aromatic heterocycles. The van der Waals surface area contributed by atoms with Gasteiger partial charge in [-0.2, -0.15) is 0 Å². The van der Waals surface area contributed by atoms with E-state index in [1.165, 1.54) is 0 Å². The van der Waals surface area contributed by atoms with Gasteiger partial charge in [-0.15, -0.1) is 0 Å². The molecule has 0 aliphatic heterocycles. The third-order valence-electron chi connectivity index (χ3n) is 5.20. The highest BCUT2D eigenvalue weighted by Crippen LogP contribution is 2.27. The summed E-state index contributed by atoms with van der Waals surface area (Å²) < 4.78 is 0. The number of carboxylic acids is 1. The van der Waals surface area contributed by atoms with Gasteiger partial charge in [0.05, 0.1) is 0 Å². The highest BCUT2D eigenvalue weighted by Gasteiger charge is 2.17. The van der Waals surface area contributed by atoms with Crippen molar-refractivity contribution >= 4 is 28.9 Å². The van der Waals surface area contributed by atoms with Crippen molar-refractivity contribution in [3.05, 3.63) is 96.3 Å². The molecule has 3 rings (SSSR count). The maximum atomic E-state index is 12.9. The van der Waals surface area contributed by atoms with Gasteiger partial charge in [-0.05, 0) is 54.3 Å². The Hall–Kier alpha value is -3.93. The summed E-state index contributed by atoms with van der Waals surface area (Å²) in [7, 11) is 3.50. The number of benzene rings is 2. The average Bonchev–Trinajstić information content (AvgIpc) is 2.84. The zero-order valence-corrected chi connectivity index (χ0v) is 18.3. The maximum Gasteiger partial charge on any atom is 0.328 e. The number of aromatic nitrogens is 1. The number of carbonyl (C=O) groups is 2. The van der Waals surface area contributed by atoms with Crippen LogP contribution in [0.25, 0.3) is 5.57 Å². The Morgan fingerprint density at radius 2 is 1.53 bits per heavy atom. The van der Waals surface area contributed by atoms with Gasteiger partial charge in [-0.3, -0.25) is 19.6 Å². The van der Waals surface area contributed by atoms with Crippen molar-refractivity contribution in [3.63, 3.8) is 0 Å². The van der Waals surface area contributed by atoms with Gasteiger partial charge < -0.3 is 5.11 Å². The van der Waals surface area contributed by atoms with Gasteiger partial charge in [0.25, 0.3) is 0 Å². The van der Waals surface area contributed by atoms with Crippen molar-refractivity contribution in [2.45, 2.75) is 19.3 Å². The van der Waals surface area contributed by atoms with Crippen LogP contribution in [0.5, 0.6) is 0 Å². The summed E-state index contributed by atoms with van der Waals surface area (Å²) >= 11 is 0. The molecule has 0 aliphatic rings. The van der Waals surface area contributed by atoms with E-state index in [4.69, 9.17) is 5.11 Å². The third-order valence-corrected chi connectivity index (χ3v) is 5.20. The predicted molar refractivity (Wildman–Crippen MR) is 128 cm³/mol. The first kappa shape index (κ1) is 22.7. The lowest BCUT2D eigenvalue weighted by atomic mass is 9.97. The predicted octanol–water partition coefficient (Wildman–Crippen LogP) is 5.46. The minimum absolute atomic E-state index is 0.137. The number of anilines is 2. The summed E-state index contributed by atoms with van der Waals surface area (Å²) in [5, 5.41) is 8.89. The minimum atomic E-state index is -0.793. The first-order chi connectivity index (χ1) is 15.5. The number of hydrogen-bond donors (Lipinski definition) is 1. The molecule has 0 unspecified atom stereocenters. The average molecular weight is 430 g/mol. The van der Waals surface area contributed by atoms with Crippen LogP contribution in [-0.2, 0) is 4.79 Å². The van der Waals surface area contributed by atoms with Crippen molar-refractivity contribution in [2.75, 3.05) is 23.9 Å². The number of carbonyl (C=O) groups excluding carboxylic acids is 1. The van der Waals surface area contributed by atoms with Crippen molar-refractivity contribution in [2.24, 2.45) is 0 Å². The fourth-order valence-corrected chi connectivity index (χ4v) is 3.39. The lowest BCUT2D eigenvalue weighted by Crippen LogP contribution is -2.38. The van der Waals surface area contributed by atoms with E-state index >= 15 is 0 Å². The fourth-order valence-electron chi connectivity index (χ4n) is 3.39. The standard InChI is InChI=1S/C26H27N3O3/c1-28(22-10-4-3-5-11-22)26(32)29(2)23-16-14-20(15-17-23)24(12-6-7-13-25(30)31)21-9-8-18-27-19-21/h3-5,8-12,14-19H,6-7,13H2,1-2H3,(H,30,31). The lowest BCUT2D eigenvalue weighted by Gasteiger charge is -2.25. The minimum Gasteiger partial charge on any atom is -0.481 e. The molecule has 6 nitrogen and oxygen atoms in total. The van der Waals surface area contributed by atoms with Gasteiger partial charge in [0.15, 0.2) is 0 Å². The van der Waals surface area contributed by atoms with E-state index in [2.05, 4.69) is 4.98 Å². The molecule has 1 N–H and O–H groups in total. The second-order valence-electron chi connectivity index (χ2n) is 7.43. The second kappa shape index (κ2) is 10.9. The number of nitrogens with zero attached hydrogens (tertiary/aromatic N) is 3. The number of urea groups is 1. The molecule has 0 saturated heterocycles. The van der Waals surface area contributed by atoms with Gasteiger partial charge in [0.1, 0.15) is 0 Å². The Morgan fingerprint density at radius 3 is 2.12 bits per heavy atom. The highest BCUT2D eigenvalue weighted by molar-refractivity contribution is 6.02. The molecule has 0 fully saturated rings. The number of unbranched alkanes of at least 4 members (excludes halogenated alkanes) is 1. The highest BCUT2D eigenvalue weighted by atomic mass is 16.4. The van der Waals surface area contributed by atoms with E-state index in [-0.39, 0.29) is 12.5 Å². The van der Waals surface area contributed by atoms with E-state index in [0.29, 0.717) is 12.8 Å². The number of para-hydroxylation sites is 1. The number of pyridine rings is 1. The Kier molecular flexibility index (Phi) is 7.75. The quantitative estimate of drug-likeness (QED) is 0.483. The van der Waals surface area contributed by atoms with Crippen molar-refractivity contribution in [3.8, 4) is 0 Å². The first-order valence-electron chi connectivity index (χ1n) is 10.5. The molecule has 0 spiro atoms. The maximum absolute atomic E-state index is 12.9. The fraction of sp³-hybridized carbons (Fsp3) is 0.192. The molecular weight excluding hydrogens is 402 g/mol. The molecule has 6 heteroatoms. The van der Waals surface area contributed by atoms with Crippen LogP contribution in [0.3, 0.4) is 0 Å². The molecule has 3 aromatic rings. The Morgan fingerprint density at radius 1 is 0.875 bits per heavy atom. The largest absolute Gasteiger partial charge is 0.481 e. The number of allylic oxidation sites excluding steroid dienone is 1. The van der Waals surface area contributed by atoms with Crippen LogP contribution < -0.4 is 9.80 Å². The number of rotatable bonds is 8. The van der Waals surface area contributed by atoms with Gasteiger partial charge in [0.2, 0.25) is 0 Å². The molecule has 0 bridgehead atoms. The molecule has 164 valence electrons. The monoisotopic (exact) mass is 429 g/mol. The van der Waals surface area contributed by atoms with Crippen LogP contribution in [0.2, 0.25) is 0 Å². The SMILES string of the molecule is CN(C(=O)N(C)c1ccc(C(=CCCCC(=O)O)c2cccnc2)cc1)c1ccccc1. The topological polar surface area (TPSA) is 73.7 Å². The molecular formula is C26H27N3O3. The van der Waals surface area contributed by atoms with Crippen molar-refractivity contribution in [1.29, 1.82) is 0 Å². The summed E-state index contributed by atoms with van der Waals surface area (Å²) in [6, 6.07) is 21.0. The van der Waals surface area contributed by atoms with Crippen LogP contribution in [0.4, 0.5) is 16.2 Å². The van der Waals surface area contributed by atoms with E-state index < -0.39 is 5.97 Å². The van der Waals surface area contributed by atoms with Crippen molar-refractivity contribution in [1.82, 2.24) is 4.98 Å². The van der Waals surface area contributed by atoms with Crippen LogP contribution in [0.15, 0.2) is 85.2 Å².